The Balaban J connectivity index is 2.26. The van der Waals surface area contributed by atoms with Crippen molar-refractivity contribution in [1.82, 2.24) is 0 Å². The van der Waals surface area contributed by atoms with E-state index in [1.165, 1.54) is 0 Å². The standard InChI is InChI=1S/C24H27NO5/c1-5-28-22(26)19(14-17-13-15(3)11-12-16(17)4)21-18-9-7-8-10-20(18)30-24(21,25)23(27)29-6-2/h7-13H,5-6,14,25H2,1-4H3/b21-19-. The summed E-state index contributed by atoms with van der Waals surface area (Å²) in [6.45, 7) is 7.72. The molecule has 1 aliphatic rings. The minimum Gasteiger partial charge on any atom is -0.463 e. The highest BCUT2D eigenvalue weighted by molar-refractivity contribution is 6.08. The molecule has 0 aromatic heterocycles. The maximum absolute atomic E-state index is 13.1. The Kier molecular flexibility index (Phi) is 6.27. The molecular formula is C24H27NO5. The molecule has 2 N–H and O–H groups in total. The summed E-state index contributed by atoms with van der Waals surface area (Å²) < 4.78 is 16.4. The van der Waals surface area contributed by atoms with Gasteiger partial charge in [0, 0.05) is 17.6 Å². The number of para-hydroxylation sites is 1. The van der Waals surface area contributed by atoms with Crippen molar-refractivity contribution in [3.8, 4) is 5.75 Å². The average Bonchev–Trinajstić information content (AvgIpc) is 3.02. The zero-order chi connectivity index (χ0) is 21.9. The fourth-order valence-electron chi connectivity index (χ4n) is 3.62. The lowest BCUT2D eigenvalue weighted by Crippen LogP contribution is -2.53. The zero-order valence-corrected chi connectivity index (χ0v) is 17.8. The summed E-state index contributed by atoms with van der Waals surface area (Å²) >= 11 is 0. The van der Waals surface area contributed by atoms with E-state index in [1.54, 1.807) is 38.1 Å². The van der Waals surface area contributed by atoms with E-state index in [0.29, 0.717) is 11.3 Å². The molecule has 30 heavy (non-hydrogen) atoms. The molecule has 3 rings (SSSR count). The van der Waals surface area contributed by atoms with Gasteiger partial charge in [-0.1, -0.05) is 42.0 Å². The number of hydrogen-bond donors (Lipinski definition) is 1. The number of carbonyl (C=O) groups excluding carboxylic acids is 2. The van der Waals surface area contributed by atoms with Crippen molar-refractivity contribution >= 4 is 17.5 Å². The lowest BCUT2D eigenvalue weighted by Gasteiger charge is -2.25. The first kappa shape index (κ1) is 21.6. The third-order valence-corrected chi connectivity index (χ3v) is 5.07. The smallest absolute Gasteiger partial charge is 0.371 e. The number of fused-ring (bicyclic) bond motifs is 1. The largest absolute Gasteiger partial charge is 0.463 e. The van der Waals surface area contributed by atoms with Gasteiger partial charge >= 0.3 is 11.9 Å². The van der Waals surface area contributed by atoms with Gasteiger partial charge in [-0.25, -0.2) is 9.59 Å². The average molecular weight is 409 g/mol. The van der Waals surface area contributed by atoms with Crippen LogP contribution in [0.4, 0.5) is 0 Å². The van der Waals surface area contributed by atoms with Crippen molar-refractivity contribution in [3.63, 3.8) is 0 Å². The molecule has 0 spiro atoms. The topological polar surface area (TPSA) is 87.9 Å². The first-order valence-corrected chi connectivity index (χ1v) is 10.0. The van der Waals surface area contributed by atoms with Crippen molar-refractivity contribution in [2.45, 2.75) is 39.8 Å². The van der Waals surface area contributed by atoms with Crippen molar-refractivity contribution in [3.05, 3.63) is 70.3 Å². The van der Waals surface area contributed by atoms with Crippen molar-refractivity contribution in [2.24, 2.45) is 5.73 Å². The number of carbonyl (C=O) groups is 2. The maximum Gasteiger partial charge on any atom is 0.371 e. The van der Waals surface area contributed by atoms with Gasteiger partial charge in [-0.2, -0.15) is 0 Å². The second-order valence-corrected chi connectivity index (χ2v) is 7.24. The van der Waals surface area contributed by atoms with Gasteiger partial charge in [0.2, 0.25) is 0 Å². The SMILES string of the molecule is CCOC(=O)/C(Cc1cc(C)ccc1C)=C1/c2ccccc2OC1(N)C(=O)OCC. The van der Waals surface area contributed by atoms with Gasteiger partial charge in [-0.15, -0.1) is 0 Å². The van der Waals surface area contributed by atoms with Crippen LogP contribution in [-0.4, -0.2) is 30.9 Å². The van der Waals surface area contributed by atoms with Crippen LogP contribution in [0.15, 0.2) is 48.0 Å². The first-order chi connectivity index (χ1) is 14.3. The molecule has 0 radical (unpaired) electrons. The van der Waals surface area contributed by atoms with Crippen LogP contribution in [0.1, 0.15) is 36.1 Å². The summed E-state index contributed by atoms with van der Waals surface area (Å²) in [6.07, 6.45) is 0.248. The lowest BCUT2D eigenvalue weighted by atomic mass is 9.88. The van der Waals surface area contributed by atoms with Gasteiger partial charge < -0.3 is 14.2 Å². The van der Waals surface area contributed by atoms with Crippen LogP contribution in [0, 0.1) is 13.8 Å². The Bertz CT molecular complexity index is 1010. The Morgan fingerprint density at radius 2 is 1.73 bits per heavy atom. The van der Waals surface area contributed by atoms with Gasteiger partial charge in [0.25, 0.3) is 5.72 Å². The van der Waals surface area contributed by atoms with Crippen LogP contribution in [0.2, 0.25) is 0 Å². The molecule has 0 amide bonds. The second-order valence-electron chi connectivity index (χ2n) is 7.24. The highest BCUT2D eigenvalue weighted by Crippen LogP contribution is 2.44. The Morgan fingerprint density at radius 3 is 2.43 bits per heavy atom. The second kappa shape index (κ2) is 8.71. The molecule has 0 bridgehead atoms. The number of esters is 2. The summed E-state index contributed by atoms with van der Waals surface area (Å²) in [7, 11) is 0. The predicted molar refractivity (Wildman–Crippen MR) is 114 cm³/mol. The minimum absolute atomic E-state index is 0.135. The van der Waals surface area contributed by atoms with E-state index in [1.807, 2.05) is 32.0 Å². The molecule has 0 aliphatic carbocycles. The molecule has 0 saturated carbocycles. The minimum atomic E-state index is -1.93. The van der Waals surface area contributed by atoms with Gasteiger partial charge in [0.05, 0.1) is 18.8 Å². The molecule has 2 aromatic rings. The van der Waals surface area contributed by atoms with Crippen LogP contribution in [0.5, 0.6) is 5.75 Å². The van der Waals surface area contributed by atoms with Crippen LogP contribution in [-0.2, 0) is 25.5 Å². The molecule has 6 heteroatoms. The third kappa shape index (κ3) is 3.96. The molecule has 1 unspecified atom stereocenters. The number of ether oxygens (including phenoxy) is 3. The van der Waals surface area contributed by atoms with Crippen LogP contribution < -0.4 is 10.5 Å². The summed E-state index contributed by atoms with van der Waals surface area (Å²) in [5.41, 5.74) is 8.74. The molecule has 6 nitrogen and oxygen atoms in total. The van der Waals surface area contributed by atoms with Crippen LogP contribution in [0.25, 0.3) is 5.57 Å². The summed E-state index contributed by atoms with van der Waals surface area (Å²) in [5, 5.41) is 0. The fourth-order valence-corrected chi connectivity index (χ4v) is 3.62. The molecular weight excluding hydrogens is 382 g/mol. The Hall–Kier alpha value is -3.12. The summed E-state index contributed by atoms with van der Waals surface area (Å²) in [6, 6.07) is 13.1. The molecule has 1 heterocycles. The van der Waals surface area contributed by atoms with E-state index in [-0.39, 0.29) is 30.8 Å². The van der Waals surface area contributed by atoms with Gasteiger partial charge in [-0.05, 0) is 44.9 Å². The van der Waals surface area contributed by atoms with E-state index in [0.717, 1.165) is 16.7 Å². The Labute approximate surface area is 176 Å². The monoisotopic (exact) mass is 409 g/mol. The van der Waals surface area contributed by atoms with Crippen molar-refractivity contribution in [2.75, 3.05) is 13.2 Å². The maximum atomic E-state index is 13.1. The van der Waals surface area contributed by atoms with E-state index in [2.05, 4.69) is 0 Å². The normalized spacial score (nSPS) is 19.0. The molecule has 0 saturated heterocycles. The van der Waals surface area contributed by atoms with Gasteiger partial charge in [0.15, 0.2) is 0 Å². The predicted octanol–water partition coefficient (Wildman–Crippen LogP) is 3.47. The van der Waals surface area contributed by atoms with Crippen LogP contribution in [0.3, 0.4) is 0 Å². The summed E-state index contributed by atoms with van der Waals surface area (Å²) in [5.74, 6) is -0.863. The molecule has 2 aromatic carbocycles. The van der Waals surface area contributed by atoms with E-state index in [4.69, 9.17) is 19.9 Å². The van der Waals surface area contributed by atoms with E-state index < -0.39 is 17.7 Å². The number of aryl methyl sites for hydroxylation is 2. The van der Waals surface area contributed by atoms with Crippen molar-refractivity contribution in [1.29, 1.82) is 0 Å². The van der Waals surface area contributed by atoms with Crippen LogP contribution >= 0.6 is 0 Å². The quantitative estimate of drug-likeness (QED) is 0.581. The van der Waals surface area contributed by atoms with E-state index >= 15 is 0 Å². The van der Waals surface area contributed by atoms with E-state index in [9.17, 15) is 9.59 Å². The fraction of sp³-hybridized carbons (Fsp3) is 0.333. The summed E-state index contributed by atoms with van der Waals surface area (Å²) in [4.78, 5) is 25.9. The first-order valence-electron chi connectivity index (χ1n) is 10.0. The van der Waals surface area contributed by atoms with Gasteiger partial charge in [0.1, 0.15) is 5.75 Å². The number of nitrogens with two attached hydrogens (primary N) is 1. The lowest BCUT2D eigenvalue weighted by molar-refractivity contribution is -0.155. The van der Waals surface area contributed by atoms with Gasteiger partial charge in [-0.3, -0.25) is 5.73 Å². The number of rotatable bonds is 6. The Morgan fingerprint density at radius 1 is 1.03 bits per heavy atom. The number of hydrogen-bond acceptors (Lipinski definition) is 6. The highest BCUT2D eigenvalue weighted by Gasteiger charge is 2.51. The molecule has 1 aliphatic heterocycles. The molecule has 0 fully saturated rings. The molecule has 1 atom stereocenters. The zero-order valence-electron chi connectivity index (χ0n) is 17.8. The number of benzene rings is 2. The highest BCUT2D eigenvalue weighted by atomic mass is 16.6. The van der Waals surface area contributed by atoms with Crippen molar-refractivity contribution < 1.29 is 23.8 Å². The third-order valence-electron chi connectivity index (χ3n) is 5.07. The molecule has 158 valence electrons.